The lowest BCUT2D eigenvalue weighted by atomic mass is 10.2. The summed E-state index contributed by atoms with van der Waals surface area (Å²) < 4.78 is 1.31. The molecule has 0 bridgehead atoms. The van der Waals surface area contributed by atoms with Crippen molar-refractivity contribution >= 4 is 22.6 Å². The monoisotopic (exact) mass is 301 g/mol. The van der Waals surface area contributed by atoms with Crippen LogP contribution >= 0.6 is 22.6 Å². The van der Waals surface area contributed by atoms with Gasteiger partial charge in [0, 0.05) is 10.1 Å². The second-order valence-corrected chi connectivity index (χ2v) is 5.28. The summed E-state index contributed by atoms with van der Waals surface area (Å²) in [7, 11) is 0. The molecule has 0 saturated heterocycles. The molecule has 0 aromatic heterocycles. The number of halogens is 1. The number of nitrogens with one attached hydrogen (secondary N) is 1. The van der Waals surface area contributed by atoms with Gasteiger partial charge in [0.1, 0.15) is 0 Å². The van der Waals surface area contributed by atoms with E-state index in [-0.39, 0.29) is 0 Å². The van der Waals surface area contributed by atoms with E-state index < -0.39 is 0 Å². The second-order valence-electron chi connectivity index (χ2n) is 4.04. The summed E-state index contributed by atoms with van der Waals surface area (Å²) >= 11 is 2.34. The standard InChI is InChI=1S/C12H16IN/c13-12-5-3-11(4-6-12)9-14-8-7-10-1-2-10/h3-6,10,14H,1-2,7-9H2. The van der Waals surface area contributed by atoms with Crippen LogP contribution in [0.5, 0.6) is 0 Å². The maximum Gasteiger partial charge on any atom is 0.0205 e. The molecule has 1 aliphatic carbocycles. The van der Waals surface area contributed by atoms with E-state index >= 15 is 0 Å². The molecule has 76 valence electrons. The third-order valence-corrected chi connectivity index (χ3v) is 3.39. The topological polar surface area (TPSA) is 12.0 Å². The summed E-state index contributed by atoms with van der Waals surface area (Å²) in [6.45, 7) is 2.19. The van der Waals surface area contributed by atoms with Crippen LogP contribution in [0.3, 0.4) is 0 Å². The highest BCUT2D eigenvalue weighted by Gasteiger charge is 2.19. The molecule has 0 amide bonds. The van der Waals surface area contributed by atoms with Crippen molar-refractivity contribution in [3.05, 3.63) is 33.4 Å². The summed E-state index contributed by atoms with van der Waals surface area (Å²) in [5.41, 5.74) is 1.39. The van der Waals surface area contributed by atoms with Gasteiger partial charge in [0.15, 0.2) is 0 Å². The summed E-state index contributed by atoms with van der Waals surface area (Å²) in [6, 6.07) is 8.73. The predicted molar refractivity (Wildman–Crippen MR) is 68.2 cm³/mol. The van der Waals surface area contributed by atoms with Crippen molar-refractivity contribution in [1.82, 2.24) is 5.32 Å². The third-order valence-electron chi connectivity index (χ3n) is 2.67. The van der Waals surface area contributed by atoms with Crippen LogP contribution in [-0.2, 0) is 6.54 Å². The average Bonchev–Trinajstić information content (AvgIpc) is 2.99. The molecule has 0 aliphatic heterocycles. The first-order valence-corrected chi connectivity index (χ1v) is 6.37. The van der Waals surface area contributed by atoms with Crippen LogP contribution < -0.4 is 5.32 Å². The van der Waals surface area contributed by atoms with E-state index in [0.717, 1.165) is 12.5 Å². The fraction of sp³-hybridized carbons (Fsp3) is 0.500. The van der Waals surface area contributed by atoms with Gasteiger partial charge in [-0.15, -0.1) is 0 Å². The fourth-order valence-corrected chi connectivity index (χ4v) is 1.91. The van der Waals surface area contributed by atoms with E-state index in [1.807, 2.05) is 0 Å². The van der Waals surface area contributed by atoms with Gasteiger partial charge in [0.05, 0.1) is 0 Å². The highest BCUT2D eigenvalue weighted by molar-refractivity contribution is 14.1. The van der Waals surface area contributed by atoms with Gasteiger partial charge >= 0.3 is 0 Å². The molecular formula is C12H16IN. The Morgan fingerprint density at radius 1 is 1.21 bits per heavy atom. The van der Waals surface area contributed by atoms with Crippen LogP contribution in [-0.4, -0.2) is 6.54 Å². The smallest absolute Gasteiger partial charge is 0.0205 e. The Kier molecular flexibility index (Phi) is 3.81. The van der Waals surface area contributed by atoms with Crippen LogP contribution in [0, 0.1) is 9.49 Å². The lowest BCUT2D eigenvalue weighted by molar-refractivity contribution is 0.613. The van der Waals surface area contributed by atoms with Crippen molar-refractivity contribution in [1.29, 1.82) is 0 Å². The summed E-state index contributed by atoms with van der Waals surface area (Å²) in [4.78, 5) is 0. The van der Waals surface area contributed by atoms with E-state index in [4.69, 9.17) is 0 Å². The van der Waals surface area contributed by atoms with Gasteiger partial charge in [-0.2, -0.15) is 0 Å². The van der Waals surface area contributed by atoms with E-state index in [1.54, 1.807) is 0 Å². The molecule has 14 heavy (non-hydrogen) atoms. The Labute approximate surface area is 99.4 Å². The number of hydrogen-bond acceptors (Lipinski definition) is 1. The lowest BCUT2D eigenvalue weighted by Gasteiger charge is -2.04. The molecule has 2 heteroatoms. The highest BCUT2D eigenvalue weighted by atomic mass is 127. The normalized spacial score (nSPS) is 15.8. The molecule has 0 radical (unpaired) electrons. The van der Waals surface area contributed by atoms with Crippen molar-refractivity contribution in [2.45, 2.75) is 25.8 Å². The number of hydrogen-bond donors (Lipinski definition) is 1. The minimum atomic E-state index is 1.02. The van der Waals surface area contributed by atoms with Gasteiger partial charge < -0.3 is 5.32 Å². The first kappa shape index (κ1) is 10.4. The molecule has 1 aromatic rings. The van der Waals surface area contributed by atoms with Crippen LogP contribution in [0.2, 0.25) is 0 Å². The van der Waals surface area contributed by atoms with Gasteiger partial charge in [-0.1, -0.05) is 25.0 Å². The van der Waals surface area contributed by atoms with Crippen molar-refractivity contribution in [3.63, 3.8) is 0 Å². The molecule has 1 fully saturated rings. The Morgan fingerprint density at radius 3 is 2.57 bits per heavy atom. The van der Waals surface area contributed by atoms with Gasteiger partial charge in [0.25, 0.3) is 0 Å². The van der Waals surface area contributed by atoms with Crippen LogP contribution in [0.4, 0.5) is 0 Å². The van der Waals surface area contributed by atoms with E-state index in [1.165, 1.54) is 34.9 Å². The molecule has 1 aliphatic rings. The maximum absolute atomic E-state index is 3.49. The van der Waals surface area contributed by atoms with Crippen LogP contribution in [0.1, 0.15) is 24.8 Å². The lowest BCUT2D eigenvalue weighted by Crippen LogP contribution is -2.14. The van der Waals surface area contributed by atoms with E-state index in [9.17, 15) is 0 Å². The van der Waals surface area contributed by atoms with Gasteiger partial charge in [-0.3, -0.25) is 0 Å². The molecule has 1 aromatic carbocycles. The maximum atomic E-state index is 3.49. The molecular weight excluding hydrogens is 285 g/mol. The summed E-state index contributed by atoms with van der Waals surface area (Å²) in [5, 5.41) is 3.49. The highest BCUT2D eigenvalue weighted by Crippen LogP contribution is 2.31. The van der Waals surface area contributed by atoms with E-state index in [0.29, 0.717) is 0 Å². The largest absolute Gasteiger partial charge is 0.313 e. The molecule has 2 rings (SSSR count). The molecule has 1 N–H and O–H groups in total. The second kappa shape index (κ2) is 5.12. The van der Waals surface area contributed by atoms with Crippen molar-refractivity contribution in [3.8, 4) is 0 Å². The zero-order valence-corrected chi connectivity index (χ0v) is 10.5. The summed E-state index contributed by atoms with van der Waals surface area (Å²) in [6.07, 6.45) is 4.29. The van der Waals surface area contributed by atoms with Crippen molar-refractivity contribution < 1.29 is 0 Å². The third kappa shape index (κ3) is 3.58. The van der Waals surface area contributed by atoms with Crippen molar-refractivity contribution in [2.75, 3.05) is 6.54 Å². The quantitative estimate of drug-likeness (QED) is 0.650. The number of rotatable bonds is 5. The predicted octanol–water partition coefficient (Wildman–Crippen LogP) is 3.18. The van der Waals surface area contributed by atoms with Gasteiger partial charge in [0.2, 0.25) is 0 Å². The fourth-order valence-electron chi connectivity index (χ4n) is 1.55. The van der Waals surface area contributed by atoms with Crippen LogP contribution in [0.25, 0.3) is 0 Å². The zero-order valence-electron chi connectivity index (χ0n) is 8.30. The molecule has 1 saturated carbocycles. The molecule has 1 nitrogen and oxygen atoms in total. The number of benzene rings is 1. The molecule has 0 heterocycles. The SMILES string of the molecule is Ic1ccc(CNCCC2CC2)cc1. The first-order valence-electron chi connectivity index (χ1n) is 5.30. The summed E-state index contributed by atoms with van der Waals surface area (Å²) in [5.74, 6) is 1.04. The molecule has 0 unspecified atom stereocenters. The Morgan fingerprint density at radius 2 is 1.93 bits per heavy atom. The van der Waals surface area contributed by atoms with Gasteiger partial charge in [-0.25, -0.2) is 0 Å². The van der Waals surface area contributed by atoms with Crippen LogP contribution in [0.15, 0.2) is 24.3 Å². The van der Waals surface area contributed by atoms with Crippen molar-refractivity contribution in [2.24, 2.45) is 5.92 Å². The molecule has 0 spiro atoms. The average molecular weight is 301 g/mol. The van der Waals surface area contributed by atoms with Gasteiger partial charge in [-0.05, 0) is 59.2 Å². The molecule has 0 atom stereocenters. The Bertz CT molecular complexity index is 277. The Balaban J connectivity index is 1.66. The minimum absolute atomic E-state index is 1.02. The Hall–Kier alpha value is -0.0900. The zero-order chi connectivity index (χ0) is 9.80. The first-order chi connectivity index (χ1) is 6.84. The minimum Gasteiger partial charge on any atom is -0.313 e. The van der Waals surface area contributed by atoms with E-state index in [2.05, 4.69) is 52.2 Å².